The molecule has 2 aromatic carbocycles. The molecule has 0 fully saturated rings. The number of nitrogens with zero attached hydrogens (tertiary/aromatic N) is 3. The average Bonchev–Trinajstić information content (AvgIpc) is 3.12. The zero-order chi connectivity index (χ0) is 26.9. The molecule has 1 atom stereocenters. The van der Waals surface area contributed by atoms with Crippen LogP contribution in [0.4, 0.5) is 23.2 Å². The molecule has 0 saturated carbocycles. The molecule has 0 aliphatic heterocycles. The normalized spacial score (nSPS) is 12.3. The van der Waals surface area contributed by atoms with Gasteiger partial charge in [0.15, 0.2) is 6.10 Å². The van der Waals surface area contributed by atoms with Gasteiger partial charge in [-0.25, -0.2) is 27.2 Å². The van der Waals surface area contributed by atoms with Crippen LogP contribution in [0, 0.1) is 11.6 Å². The number of aromatic nitrogens is 3. The van der Waals surface area contributed by atoms with Gasteiger partial charge in [0.05, 0.1) is 16.3 Å². The Labute approximate surface area is 209 Å². The van der Waals surface area contributed by atoms with Crippen LogP contribution in [0.2, 0.25) is 5.02 Å². The second-order valence-electron chi connectivity index (χ2n) is 7.44. The lowest BCUT2D eigenvalue weighted by molar-refractivity contribution is -0.0719. The van der Waals surface area contributed by atoms with Crippen molar-refractivity contribution >= 4 is 40.8 Å². The number of carboxylic acid groups (broad SMARTS) is 1. The fourth-order valence-electron chi connectivity index (χ4n) is 2.89. The first-order valence-corrected chi connectivity index (χ1v) is 10.8. The fraction of sp³-hybridized carbons (Fsp3) is 0.238. The minimum absolute atomic E-state index is 0.198. The Kier molecular flexibility index (Phi) is 7.65. The van der Waals surface area contributed by atoms with Crippen molar-refractivity contribution in [2.45, 2.75) is 31.9 Å². The maximum atomic E-state index is 15.1. The Hall–Kier alpha value is -3.58. The number of ether oxygens (including phenoxy) is 1. The lowest BCUT2D eigenvalue weighted by Gasteiger charge is -2.23. The maximum Gasteiger partial charge on any atom is 0.374 e. The molecule has 192 valence electrons. The molecule has 1 aromatic heterocycles. The average molecular weight is 551 g/mol. The van der Waals surface area contributed by atoms with E-state index in [2.05, 4.69) is 10.4 Å². The van der Waals surface area contributed by atoms with Crippen molar-refractivity contribution < 1.29 is 37.0 Å². The highest BCUT2D eigenvalue weighted by molar-refractivity contribution is 6.34. The van der Waals surface area contributed by atoms with Gasteiger partial charge in [-0.15, -0.1) is 16.7 Å². The Morgan fingerprint density at radius 3 is 2.44 bits per heavy atom. The second-order valence-corrected chi connectivity index (χ2v) is 8.08. The number of rotatable bonds is 8. The SMILES string of the molecule is C[C@@H](Oc1cc(-n2nc(C(=O)O)n(CCl)c2=O)c(F)cc1C(=O)Nc1c(F)cccc1Cl)C(C)(F)F. The molecule has 0 spiro atoms. The van der Waals surface area contributed by atoms with Gasteiger partial charge in [-0.2, -0.15) is 4.68 Å². The van der Waals surface area contributed by atoms with Gasteiger partial charge in [-0.05, 0) is 25.1 Å². The van der Waals surface area contributed by atoms with Crippen LogP contribution >= 0.6 is 23.2 Å². The van der Waals surface area contributed by atoms with Crippen molar-refractivity contribution in [1.82, 2.24) is 14.3 Å². The summed E-state index contributed by atoms with van der Waals surface area (Å²) in [5.41, 5.74) is -3.02. The number of para-hydroxylation sites is 1. The van der Waals surface area contributed by atoms with Crippen LogP contribution in [0.25, 0.3) is 5.69 Å². The van der Waals surface area contributed by atoms with Gasteiger partial charge < -0.3 is 15.2 Å². The van der Waals surface area contributed by atoms with Crippen LogP contribution in [0.3, 0.4) is 0 Å². The van der Waals surface area contributed by atoms with Crippen LogP contribution < -0.4 is 15.7 Å². The van der Waals surface area contributed by atoms with Crippen molar-refractivity contribution in [2.24, 2.45) is 0 Å². The van der Waals surface area contributed by atoms with Gasteiger partial charge in [0.2, 0.25) is 5.82 Å². The van der Waals surface area contributed by atoms with Crippen molar-refractivity contribution in [2.75, 3.05) is 5.32 Å². The van der Waals surface area contributed by atoms with Crippen LogP contribution in [-0.2, 0) is 6.00 Å². The summed E-state index contributed by atoms with van der Waals surface area (Å²) >= 11 is 11.5. The molecule has 0 aliphatic carbocycles. The molecule has 1 amide bonds. The first-order valence-electron chi connectivity index (χ1n) is 9.89. The Balaban J connectivity index is 2.18. The third kappa shape index (κ3) is 5.31. The van der Waals surface area contributed by atoms with Crippen LogP contribution in [0.1, 0.15) is 34.8 Å². The molecule has 0 radical (unpaired) electrons. The number of hydrogen-bond acceptors (Lipinski definition) is 5. The van der Waals surface area contributed by atoms with E-state index in [-0.39, 0.29) is 5.02 Å². The van der Waals surface area contributed by atoms with E-state index in [1.54, 1.807) is 0 Å². The summed E-state index contributed by atoms with van der Waals surface area (Å²) in [7, 11) is 0. The number of anilines is 1. The molecule has 15 heteroatoms. The van der Waals surface area contributed by atoms with Gasteiger partial charge in [0.25, 0.3) is 11.8 Å². The van der Waals surface area contributed by atoms with Crippen molar-refractivity contribution in [3.63, 3.8) is 0 Å². The van der Waals surface area contributed by atoms with E-state index in [0.717, 1.165) is 13.0 Å². The van der Waals surface area contributed by atoms with Crippen molar-refractivity contribution in [1.29, 1.82) is 0 Å². The number of amides is 1. The maximum absolute atomic E-state index is 15.1. The van der Waals surface area contributed by atoms with E-state index >= 15 is 4.39 Å². The summed E-state index contributed by atoms with van der Waals surface area (Å²) in [4.78, 5) is 36.8. The van der Waals surface area contributed by atoms with E-state index < -0.39 is 75.7 Å². The van der Waals surface area contributed by atoms with Crippen LogP contribution in [0.15, 0.2) is 35.1 Å². The topological polar surface area (TPSA) is 115 Å². The molecule has 0 bridgehead atoms. The fourth-order valence-corrected chi connectivity index (χ4v) is 3.32. The highest BCUT2D eigenvalue weighted by atomic mass is 35.5. The monoisotopic (exact) mass is 550 g/mol. The predicted molar refractivity (Wildman–Crippen MR) is 121 cm³/mol. The van der Waals surface area contributed by atoms with E-state index in [1.807, 2.05) is 0 Å². The molecule has 2 N–H and O–H groups in total. The number of carbonyl (C=O) groups is 2. The molecule has 0 aliphatic rings. The molecular weight excluding hydrogens is 535 g/mol. The summed E-state index contributed by atoms with van der Waals surface area (Å²) in [6.07, 6.45) is -1.86. The molecule has 0 saturated heterocycles. The summed E-state index contributed by atoms with van der Waals surface area (Å²) in [5, 5.41) is 14.7. The first-order chi connectivity index (χ1) is 16.8. The smallest absolute Gasteiger partial charge is 0.374 e. The molecule has 0 unspecified atom stereocenters. The number of aromatic carboxylic acids is 1. The van der Waals surface area contributed by atoms with Gasteiger partial charge >= 0.3 is 11.7 Å². The van der Waals surface area contributed by atoms with E-state index in [9.17, 15) is 32.7 Å². The number of benzene rings is 2. The summed E-state index contributed by atoms with van der Waals surface area (Å²) in [6.45, 7) is 1.50. The van der Waals surface area contributed by atoms with Gasteiger partial charge in [-0.3, -0.25) is 9.36 Å². The molecule has 36 heavy (non-hydrogen) atoms. The van der Waals surface area contributed by atoms with Crippen LogP contribution in [0.5, 0.6) is 5.75 Å². The van der Waals surface area contributed by atoms with Gasteiger partial charge in [0, 0.05) is 13.0 Å². The molecule has 1 heterocycles. The highest BCUT2D eigenvalue weighted by Gasteiger charge is 2.34. The number of nitrogens with one attached hydrogen (secondary N) is 1. The molecule has 9 nitrogen and oxygen atoms in total. The van der Waals surface area contributed by atoms with Crippen molar-refractivity contribution in [3.05, 3.63) is 68.9 Å². The summed E-state index contributed by atoms with van der Waals surface area (Å²) < 4.78 is 62.9. The Morgan fingerprint density at radius 1 is 1.25 bits per heavy atom. The standard InChI is InChI=1S/C21H16Cl2F4N4O5/c1-9(21(2,26)27)36-15-7-14(31-20(35)30(8-22)17(29-31)19(33)34)13(25)6-10(15)18(32)28-16-11(23)4-3-5-12(16)24/h3-7,9H,8H2,1-2H3,(H,28,32)(H,33,34)/t9-/m1/s1. The molecule has 3 rings (SSSR count). The molecular formula is C21H16Cl2F4N4O5. The number of carbonyl (C=O) groups excluding carboxylic acids is 1. The summed E-state index contributed by atoms with van der Waals surface area (Å²) in [5.74, 6) is -9.95. The summed E-state index contributed by atoms with van der Waals surface area (Å²) in [6, 6.07) is 4.11. The lowest BCUT2D eigenvalue weighted by atomic mass is 10.1. The van der Waals surface area contributed by atoms with Gasteiger partial charge in [0.1, 0.15) is 29.1 Å². The Bertz CT molecular complexity index is 1380. The van der Waals surface area contributed by atoms with E-state index in [4.69, 9.17) is 27.9 Å². The quantitative estimate of drug-likeness (QED) is 0.314. The molecule has 3 aromatic rings. The van der Waals surface area contributed by atoms with E-state index in [1.165, 1.54) is 12.1 Å². The minimum atomic E-state index is -3.43. The second kappa shape index (κ2) is 10.2. The van der Waals surface area contributed by atoms with Gasteiger partial charge in [-0.1, -0.05) is 17.7 Å². The number of alkyl halides is 3. The van der Waals surface area contributed by atoms with Crippen LogP contribution in [-0.4, -0.2) is 43.4 Å². The van der Waals surface area contributed by atoms with Crippen molar-refractivity contribution in [3.8, 4) is 11.4 Å². The minimum Gasteiger partial charge on any atom is -0.484 e. The Morgan fingerprint density at radius 2 is 1.92 bits per heavy atom. The third-order valence-corrected chi connectivity index (χ3v) is 5.47. The highest BCUT2D eigenvalue weighted by Crippen LogP contribution is 2.31. The largest absolute Gasteiger partial charge is 0.484 e. The number of hydrogen-bond donors (Lipinski definition) is 2. The first kappa shape index (κ1) is 27.0. The zero-order valence-electron chi connectivity index (χ0n) is 18.4. The number of halogens is 6. The van der Waals surface area contributed by atoms with E-state index in [0.29, 0.717) is 28.3 Å². The predicted octanol–water partition coefficient (Wildman–Crippen LogP) is 4.53. The zero-order valence-corrected chi connectivity index (χ0v) is 19.9. The lowest BCUT2D eigenvalue weighted by Crippen LogP contribution is -2.33. The number of carboxylic acids is 1. The third-order valence-electron chi connectivity index (χ3n) is 4.91.